The number of hydrogen-bond donors (Lipinski definition) is 0. The first kappa shape index (κ1) is 39.7. The molecule has 10 aromatic rings. The molecule has 0 aliphatic rings. The summed E-state index contributed by atoms with van der Waals surface area (Å²) in [5, 5.41) is 20.3. The molecule has 296 valence electrons. The number of nitrogens with zero attached hydrogens (tertiary/aromatic N) is 1. The molecular formula is C60H32INO2. The summed E-state index contributed by atoms with van der Waals surface area (Å²) >= 11 is 2.09. The zero-order valence-electron chi connectivity index (χ0n) is 34.1. The van der Waals surface area contributed by atoms with Crippen molar-refractivity contribution < 1.29 is 4.92 Å². The Kier molecular flexibility index (Phi) is 10.7. The summed E-state index contributed by atoms with van der Waals surface area (Å²) in [6, 6.07) is 62.8. The maximum atomic E-state index is 11.7. The van der Waals surface area contributed by atoms with E-state index in [1.807, 2.05) is 72.8 Å². The van der Waals surface area contributed by atoms with Gasteiger partial charge < -0.3 is 0 Å². The van der Waals surface area contributed by atoms with Crippen LogP contribution in [0.1, 0.15) is 38.9 Å². The molecule has 0 saturated carbocycles. The van der Waals surface area contributed by atoms with Gasteiger partial charge in [-0.25, -0.2) is 0 Å². The molecule has 0 saturated heterocycles. The van der Waals surface area contributed by atoms with Gasteiger partial charge in [-0.05, 0) is 114 Å². The third-order valence-corrected chi connectivity index (χ3v) is 12.0. The highest BCUT2D eigenvalue weighted by Crippen LogP contribution is 2.40. The molecule has 0 heterocycles. The van der Waals surface area contributed by atoms with Crippen molar-refractivity contribution in [3.63, 3.8) is 0 Å². The number of fused-ring (bicyclic) bond motifs is 4. The predicted molar refractivity (Wildman–Crippen MR) is 272 cm³/mol. The minimum absolute atomic E-state index is 0.00889. The Balaban J connectivity index is 1.10. The minimum atomic E-state index is -0.387. The molecular weight excluding hydrogens is 894 g/mol. The summed E-state index contributed by atoms with van der Waals surface area (Å²) in [5.41, 5.74) is 9.55. The lowest BCUT2D eigenvalue weighted by molar-refractivity contribution is -0.385. The van der Waals surface area contributed by atoms with Gasteiger partial charge in [-0.2, -0.15) is 0 Å². The van der Waals surface area contributed by atoms with Crippen LogP contribution in [0.2, 0.25) is 0 Å². The van der Waals surface area contributed by atoms with Gasteiger partial charge in [-0.1, -0.05) is 169 Å². The number of rotatable bonds is 3. The van der Waals surface area contributed by atoms with Gasteiger partial charge >= 0.3 is 0 Å². The van der Waals surface area contributed by atoms with Gasteiger partial charge in [-0.3, -0.25) is 10.1 Å². The second kappa shape index (κ2) is 17.2. The van der Waals surface area contributed by atoms with Crippen LogP contribution in [0.15, 0.2) is 188 Å². The summed E-state index contributed by atoms with van der Waals surface area (Å²) in [6.07, 6.45) is 6.16. The van der Waals surface area contributed by atoms with Crippen molar-refractivity contribution in [3.05, 3.63) is 241 Å². The quantitative estimate of drug-likeness (QED) is 0.0767. The van der Waals surface area contributed by atoms with E-state index < -0.39 is 0 Å². The number of nitro benzene ring substituents is 1. The molecule has 0 aliphatic carbocycles. The van der Waals surface area contributed by atoms with E-state index in [9.17, 15) is 10.1 Å². The van der Waals surface area contributed by atoms with E-state index in [1.165, 1.54) is 6.07 Å². The van der Waals surface area contributed by atoms with Crippen LogP contribution >= 0.6 is 22.6 Å². The standard InChI is InChI=1S/C60H32INO2/c1-2-43-28-29-44-14-3-7-18-53(44)57(43)58-48(33-30-45-15-4-8-19-54(45)58)25-22-40-12-11-13-41(36-40)23-26-49-34-31-46-16-5-9-20-55(46)59(49)60-50(35-32-47-17-6-10-21-56(47)60)27-24-42-37-51(61)39-52(38-42)62(63)64/h1,3-21,28-39H. The Morgan fingerprint density at radius 3 is 1.17 bits per heavy atom. The summed E-state index contributed by atoms with van der Waals surface area (Å²) in [5.74, 6) is 23.6. The number of non-ortho nitro benzene ring substituents is 1. The third-order valence-electron chi connectivity index (χ3n) is 11.4. The first-order valence-electron chi connectivity index (χ1n) is 20.6. The van der Waals surface area contributed by atoms with E-state index >= 15 is 0 Å². The lowest BCUT2D eigenvalue weighted by Gasteiger charge is -2.15. The Bertz CT molecular complexity index is 3820. The zero-order chi connectivity index (χ0) is 43.6. The molecule has 0 bridgehead atoms. The zero-order valence-corrected chi connectivity index (χ0v) is 36.3. The summed E-state index contributed by atoms with van der Waals surface area (Å²) in [7, 11) is 0. The number of benzene rings is 10. The van der Waals surface area contributed by atoms with Crippen molar-refractivity contribution in [2.45, 2.75) is 0 Å². The normalized spacial score (nSPS) is 10.6. The Morgan fingerprint density at radius 1 is 0.391 bits per heavy atom. The molecule has 0 N–H and O–H groups in total. The van der Waals surface area contributed by atoms with E-state index in [2.05, 4.69) is 167 Å². The van der Waals surface area contributed by atoms with Crippen molar-refractivity contribution in [2.75, 3.05) is 0 Å². The van der Waals surface area contributed by atoms with E-state index in [4.69, 9.17) is 6.42 Å². The van der Waals surface area contributed by atoms with Gasteiger partial charge in [0.15, 0.2) is 0 Å². The lowest BCUT2D eigenvalue weighted by Crippen LogP contribution is -1.94. The third kappa shape index (κ3) is 7.72. The van der Waals surface area contributed by atoms with Crippen LogP contribution in [0.4, 0.5) is 5.69 Å². The highest BCUT2D eigenvalue weighted by molar-refractivity contribution is 14.1. The predicted octanol–water partition coefficient (Wildman–Crippen LogP) is 14.3. The maximum absolute atomic E-state index is 11.7. The fraction of sp³-hybridized carbons (Fsp3) is 0. The van der Waals surface area contributed by atoms with Crippen LogP contribution in [-0.4, -0.2) is 4.92 Å². The summed E-state index contributed by atoms with van der Waals surface area (Å²) in [4.78, 5) is 11.3. The Morgan fingerprint density at radius 2 is 0.766 bits per heavy atom. The van der Waals surface area contributed by atoms with Crippen molar-refractivity contribution in [1.82, 2.24) is 0 Å². The van der Waals surface area contributed by atoms with Crippen LogP contribution < -0.4 is 0 Å². The molecule has 0 amide bonds. The van der Waals surface area contributed by atoms with Gasteiger partial charge in [0.05, 0.1) is 4.92 Å². The number of terminal acetylenes is 1. The molecule has 64 heavy (non-hydrogen) atoms. The van der Waals surface area contributed by atoms with Crippen molar-refractivity contribution in [1.29, 1.82) is 0 Å². The number of hydrogen-bond acceptors (Lipinski definition) is 2. The molecule has 3 nitrogen and oxygen atoms in total. The van der Waals surface area contributed by atoms with Gasteiger partial charge in [-0.15, -0.1) is 6.42 Å². The molecule has 0 radical (unpaired) electrons. The van der Waals surface area contributed by atoms with Crippen LogP contribution in [0.3, 0.4) is 0 Å². The Hall–Kier alpha value is -8.39. The van der Waals surface area contributed by atoms with Crippen LogP contribution in [0.5, 0.6) is 0 Å². The first-order valence-corrected chi connectivity index (χ1v) is 21.7. The minimum Gasteiger partial charge on any atom is -0.258 e. The second-order valence-corrected chi connectivity index (χ2v) is 16.5. The number of halogens is 1. The van der Waals surface area contributed by atoms with Gasteiger partial charge in [0.1, 0.15) is 0 Å². The number of nitro groups is 1. The fourth-order valence-corrected chi connectivity index (χ4v) is 9.10. The average Bonchev–Trinajstić information content (AvgIpc) is 3.33. The summed E-state index contributed by atoms with van der Waals surface area (Å²) < 4.78 is 0.745. The smallest absolute Gasteiger partial charge is 0.258 e. The monoisotopic (exact) mass is 925 g/mol. The lowest BCUT2D eigenvalue weighted by atomic mass is 9.87. The average molecular weight is 926 g/mol. The molecule has 0 fully saturated rings. The van der Waals surface area contributed by atoms with Gasteiger partial charge in [0.2, 0.25) is 0 Å². The molecule has 0 spiro atoms. The highest BCUT2D eigenvalue weighted by Gasteiger charge is 2.18. The summed E-state index contributed by atoms with van der Waals surface area (Å²) in [6.45, 7) is 0. The van der Waals surface area contributed by atoms with E-state index in [0.717, 1.165) is 102 Å². The van der Waals surface area contributed by atoms with Crippen molar-refractivity contribution in [3.8, 4) is 70.1 Å². The molecule has 0 atom stereocenters. The van der Waals surface area contributed by atoms with E-state index in [1.54, 1.807) is 6.07 Å². The first-order chi connectivity index (χ1) is 31.4. The largest absolute Gasteiger partial charge is 0.271 e. The van der Waals surface area contributed by atoms with E-state index in [-0.39, 0.29) is 10.6 Å². The molecule has 0 unspecified atom stereocenters. The van der Waals surface area contributed by atoms with Crippen molar-refractivity contribution >= 4 is 71.4 Å². The highest BCUT2D eigenvalue weighted by atomic mass is 127. The van der Waals surface area contributed by atoms with Crippen LogP contribution in [-0.2, 0) is 0 Å². The molecule has 4 heteroatoms. The van der Waals surface area contributed by atoms with E-state index in [0.29, 0.717) is 5.56 Å². The van der Waals surface area contributed by atoms with Crippen molar-refractivity contribution in [2.24, 2.45) is 0 Å². The van der Waals surface area contributed by atoms with Gasteiger partial charge in [0.25, 0.3) is 5.69 Å². The van der Waals surface area contributed by atoms with Crippen LogP contribution in [0.25, 0.3) is 65.3 Å². The molecule has 0 aliphatic heterocycles. The topological polar surface area (TPSA) is 43.1 Å². The molecule has 10 rings (SSSR count). The Labute approximate surface area is 384 Å². The fourth-order valence-electron chi connectivity index (χ4n) is 8.44. The maximum Gasteiger partial charge on any atom is 0.271 e. The van der Waals surface area contributed by atoms with Crippen LogP contribution in [0, 0.1) is 61.6 Å². The molecule has 10 aromatic carbocycles. The molecule has 0 aromatic heterocycles. The van der Waals surface area contributed by atoms with Gasteiger partial charge in [0, 0.05) is 76.9 Å². The second-order valence-electron chi connectivity index (χ2n) is 15.3. The SMILES string of the molecule is C#Cc1ccc2ccccc2c1-c1c(C#Cc2cccc(C#Cc3ccc4ccccc4c3-c3c(C#Cc4cc(I)cc([N+](=O)[O-])c4)ccc4ccccc34)c2)ccc2ccccc12.